The molecular formula is C23H21FN2O4. The van der Waals surface area contributed by atoms with E-state index >= 15 is 0 Å². The number of nitrogens with one attached hydrogen (secondary N) is 1. The van der Waals surface area contributed by atoms with Gasteiger partial charge in [0.25, 0.3) is 0 Å². The minimum absolute atomic E-state index is 0.0784. The lowest BCUT2D eigenvalue weighted by molar-refractivity contribution is -0.116. The molecule has 0 radical (unpaired) electrons. The summed E-state index contributed by atoms with van der Waals surface area (Å²) in [5.74, 6) is 0.964. The smallest absolute Gasteiger partial charge is 0.244 e. The van der Waals surface area contributed by atoms with Crippen LogP contribution in [0.1, 0.15) is 11.1 Å². The van der Waals surface area contributed by atoms with Crippen molar-refractivity contribution in [2.75, 3.05) is 14.2 Å². The first-order valence-corrected chi connectivity index (χ1v) is 9.13. The first kappa shape index (κ1) is 20.9. The molecule has 2 aromatic carbocycles. The van der Waals surface area contributed by atoms with Gasteiger partial charge in [-0.3, -0.25) is 9.78 Å². The fourth-order valence-electron chi connectivity index (χ4n) is 2.67. The highest BCUT2D eigenvalue weighted by Gasteiger charge is 2.07. The molecule has 7 heteroatoms. The average Bonchev–Trinajstić information content (AvgIpc) is 2.78. The summed E-state index contributed by atoms with van der Waals surface area (Å²) in [5.41, 5.74) is 1.31. The molecule has 0 saturated carbocycles. The van der Waals surface area contributed by atoms with Crippen LogP contribution in [0.5, 0.6) is 23.0 Å². The zero-order valence-electron chi connectivity index (χ0n) is 16.6. The van der Waals surface area contributed by atoms with Crippen molar-refractivity contribution >= 4 is 12.0 Å². The number of carbonyl (C=O) groups is 1. The summed E-state index contributed by atoms with van der Waals surface area (Å²) >= 11 is 0. The Bertz CT molecular complexity index is 1040. The van der Waals surface area contributed by atoms with Gasteiger partial charge in [-0.2, -0.15) is 0 Å². The lowest BCUT2D eigenvalue weighted by atomic mass is 10.1. The van der Waals surface area contributed by atoms with Gasteiger partial charge < -0.3 is 19.5 Å². The Hall–Kier alpha value is -3.87. The van der Waals surface area contributed by atoms with Gasteiger partial charge in [-0.1, -0.05) is 6.07 Å². The Morgan fingerprint density at radius 2 is 1.90 bits per heavy atom. The fraction of sp³-hybridized carbons (Fsp3) is 0.130. The SMILES string of the molecule is COc1ccc(OC)c(CNC(=O)/C=C/c2ccc(Oc3cccnc3)c(F)c2)c1. The normalized spacial score (nSPS) is 10.6. The second-order valence-corrected chi connectivity index (χ2v) is 6.21. The van der Waals surface area contributed by atoms with Crippen molar-refractivity contribution in [2.24, 2.45) is 0 Å². The summed E-state index contributed by atoms with van der Waals surface area (Å²) in [7, 11) is 3.13. The molecule has 1 heterocycles. The maximum atomic E-state index is 14.3. The van der Waals surface area contributed by atoms with Crippen molar-refractivity contribution in [3.8, 4) is 23.0 Å². The second-order valence-electron chi connectivity index (χ2n) is 6.21. The summed E-state index contributed by atoms with van der Waals surface area (Å²) in [6.45, 7) is 0.260. The van der Waals surface area contributed by atoms with Crippen molar-refractivity contribution in [2.45, 2.75) is 6.54 Å². The van der Waals surface area contributed by atoms with E-state index in [1.54, 1.807) is 56.8 Å². The van der Waals surface area contributed by atoms with Crippen LogP contribution in [0.3, 0.4) is 0 Å². The standard InChI is InChI=1S/C23H21FN2O4/c1-28-18-7-9-21(29-2)17(13-18)14-26-23(27)10-6-16-5-8-22(20(24)12-16)30-19-4-3-11-25-15-19/h3-13,15H,14H2,1-2H3,(H,26,27)/b10-6+. The monoisotopic (exact) mass is 408 g/mol. The highest BCUT2D eigenvalue weighted by atomic mass is 19.1. The van der Waals surface area contributed by atoms with E-state index in [1.165, 1.54) is 30.5 Å². The van der Waals surface area contributed by atoms with E-state index in [2.05, 4.69) is 10.3 Å². The van der Waals surface area contributed by atoms with Crippen LogP contribution >= 0.6 is 0 Å². The second kappa shape index (κ2) is 10.1. The van der Waals surface area contributed by atoms with Gasteiger partial charge in [0.1, 0.15) is 17.2 Å². The zero-order chi connectivity index (χ0) is 21.3. The summed E-state index contributed by atoms with van der Waals surface area (Å²) in [4.78, 5) is 16.1. The highest BCUT2D eigenvalue weighted by molar-refractivity contribution is 5.91. The number of hydrogen-bond acceptors (Lipinski definition) is 5. The van der Waals surface area contributed by atoms with E-state index in [0.717, 1.165) is 5.56 Å². The van der Waals surface area contributed by atoms with E-state index in [9.17, 15) is 9.18 Å². The van der Waals surface area contributed by atoms with E-state index in [1.807, 2.05) is 0 Å². The molecular weight excluding hydrogens is 387 g/mol. The number of ether oxygens (including phenoxy) is 3. The van der Waals surface area contributed by atoms with Gasteiger partial charge in [0.15, 0.2) is 11.6 Å². The van der Waals surface area contributed by atoms with Crippen LogP contribution in [0.25, 0.3) is 6.08 Å². The number of pyridine rings is 1. The molecule has 154 valence electrons. The van der Waals surface area contributed by atoms with Crippen molar-refractivity contribution in [1.82, 2.24) is 10.3 Å². The molecule has 3 rings (SSSR count). The molecule has 0 unspecified atom stereocenters. The summed E-state index contributed by atoms with van der Waals surface area (Å²) in [6, 6.07) is 13.2. The lowest BCUT2D eigenvalue weighted by Crippen LogP contribution is -2.20. The maximum Gasteiger partial charge on any atom is 0.244 e. The molecule has 1 aromatic heterocycles. The molecule has 1 amide bonds. The fourth-order valence-corrected chi connectivity index (χ4v) is 2.67. The molecule has 0 aliphatic rings. The predicted molar refractivity (Wildman–Crippen MR) is 111 cm³/mol. The molecule has 0 fully saturated rings. The summed E-state index contributed by atoms with van der Waals surface area (Å²) in [6.07, 6.45) is 5.96. The Kier molecular flexibility index (Phi) is 7.00. The van der Waals surface area contributed by atoms with Crippen LogP contribution in [0, 0.1) is 5.82 Å². The Morgan fingerprint density at radius 1 is 1.07 bits per heavy atom. The summed E-state index contributed by atoms with van der Waals surface area (Å²) < 4.78 is 30.2. The predicted octanol–water partition coefficient (Wildman–Crippen LogP) is 4.36. The molecule has 0 bridgehead atoms. The zero-order valence-corrected chi connectivity index (χ0v) is 16.6. The molecule has 1 N–H and O–H groups in total. The van der Waals surface area contributed by atoms with Crippen LogP contribution in [0.2, 0.25) is 0 Å². The quantitative estimate of drug-likeness (QED) is 0.561. The van der Waals surface area contributed by atoms with Gasteiger partial charge in [-0.15, -0.1) is 0 Å². The largest absolute Gasteiger partial charge is 0.497 e. The molecule has 0 atom stereocenters. The maximum absolute atomic E-state index is 14.3. The first-order chi connectivity index (χ1) is 14.6. The topological polar surface area (TPSA) is 69.7 Å². The van der Waals surface area contributed by atoms with Gasteiger partial charge in [-0.05, 0) is 54.1 Å². The van der Waals surface area contributed by atoms with Crippen molar-refractivity contribution in [3.63, 3.8) is 0 Å². The first-order valence-electron chi connectivity index (χ1n) is 9.13. The van der Waals surface area contributed by atoms with E-state index < -0.39 is 5.82 Å². The van der Waals surface area contributed by atoms with Crippen LogP contribution in [-0.4, -0.2) is 25.1 Å². The Morgan fingerprint density at radius 3 is 2.60 bits per heavy atom. The van der Waals surface area contributed by atoms with Gasteiger partial charge >= 0.3 is 0 Å². The number of methoxy groups -OCH3 is 2. The number of halogens is 1. The van der Waals surface area contributed by atoms with Crippen LogP contribution in [-0.2, 0) is 11.3 Å². The molecule has 0 aliphatic carbocycles. The lowest BCUT2D eigenvalue weighted by Gasteiger charge is -2.10. The summed E-state index contributed by atoms with van der Waals surface area (Å²) in [5, 5.41) is 2.77. The number of rotatable bonds is 8. The number of hydrogen-bond donors (Lipinski definition) is 1. The third kappa shape index (κ3) is 5.57. The Labute approximate surface area is 173 Å². The number of amides is 1. The van der Waals surface area contributed by atoms with Crippen molar-refractivity contribution in [3.05, 3.63) is 83.9 Å². The van der Waals surface area contributed by atoms with Crippen molar-refractivity contribution in [1.29, 1.82) is 0 Å². The van der Waals surface area contributed by atoms with Gasteiger partial charge in [-0.25, -0.2) is 4.39 Å². The van der Waals surface area contributed by atoms with Crippen LogP contribution < -0.4 is 19.5 Å². The van der Waals surface area contributed by atoms with Gasteiger partial charge in [0, 0.05) is 24.4 Å². The third-order valence-electron chi connectivity index (χ3n) is 4.19. The van der Waals surface area contributed by atoms with E-state index in [0.29, 0.717) is 22.8 Å². The molecule has 30 heavy (non-hydrogen) atoms. The Balaban J connectivity index is 1.60. The van der Waals surface area contributed by atoms with E-state index in [4.69, 9.17) is 14.2 Å². The average molecular weight is 408 g/mol. The van der Waals surface area contributed by atoms with Gasteiger partial charge in [0.2, 0.25) is 5.91 Å². The number of aromatic nitrogens is 1. The molecule has 6 nitrogen and oxygen atoms in total. The molecule has 0 spiro atoms. The number of carbonyl (C=O) groups excluding carboxylic acids is 1. The number of benzene rings is 2. The molecule has 0 aliphatic heterocycles. The van der Waals surface area contributed by atoms with Crippen LogP contribution in [0.4, 0.5) is 4.39 Å². The van der Waals surface area contributed by atoms with Crippen molar-refractivity contribution < 1.29 is 23.4 Å². The number of nitrogens with zero attached hydrogens (tertiary/aromatic N) is 1. The van der Waals surface area contributed by atoms with Gasteiger partial charge in [0.05, 0.1) is 20.4 Å². The third-order valence-corrected chi connectivity index (χ3v) is 4.19. The van der Waals surface area contributed by atoms with E-state index in [-0.39, 0.29) is 18.2 Å². The minimum atomic E-state index is -0.539. The minimum Gasteiger partial charge on any atom is -0.497 e. The highest BCUT2D eigenvalue weighted by Crippen LogP contribution is 2.25. The van der Waals surface area contributed by atoms with Crippen LogP contribution in [0.15, 0.2) is 67.0 Å². The molecule has 3 aromatic rings. The molecule has 0 saturated heterocycles.